The molecule has 6 heterocycles. The van der Waals surface area contributed by atoms with Gasteiger partial charge in [-0.1, -0.05) is 0 Å². The Bertz CT molecular complexity index is 2010. The van der Waals surface area contributed by atoms with E-state index in [4.69, 9.17) is 25.7 Å². The Morgan fingerprint density at radius 3 is 2.43 bits per heavy atom. The quantitative estimate of drug-likeness (QED) is 0.0898. The molecule has 6 rings (SSSR count). The van der Waals surface area contributed by atoms with E-state index in [1.807, 2.05) is 0 Å². The molecule has 2 fully saturated rings. The second-order valence-electron chi connectivity index (χ2n) is 11.9. The van der Waals surface area contributed by atoms with Gasteiger partial charge in [0.2, 0.25) is 5.95 Å². The van der Waals surface area contributed by atoms with Crippen LogP contribution in [0.3, 0.4) is 0 Å². The van der Waals surface area contributed by atoms with Gasteiger partial charge in [0.15, 0.2) is 43.4 Å². The Morgan fingerprint density at radius 2 is 1.75 bits per heavy atom. The number of aliphatic imine (C=N–C) groups is 1. The zero-order chi connectivity index (χ0) is 38.9. The van der Waals surface area contributed by atoms with Crippen LogP contribution >= 0.6 is 23.2 Å². The molecule has 4 aliphatic rings. The highest BCUT2D eigenvalue weighted by molar-refractivity contribution is 7.67. The lowest BCUT2D eigenvalue weighted by Crippen LogP contribution is -2.49. The molecule has 28 nitrogen and oxygen atoms in total. The number of hydrogen-bond donors (Lipinski definition) is 9. The minimum absolute atomic E-state index is 0.0943. The van der Waals surface area contributed by atoms with E-state index < -0.39 is 96.6 Å². The van der Waals surface area contributed by atoms with Gasteiger partial charge < -0.3 is 90.1 Å². The number of anilines is 1. The molecule has 53 heavy (non-hydrogen) atoms. The molecule has 4 aliphatic heterocycles. The molecular formula is C22H32N10O18P3-3. The predicted molar refractivity (Wildman–Crippen MR) is 163 cm³/mol. The Kier molecular flexibility index (Phi) is 10.6. The van der Waals surface area contributed by atoms with Crippen LogP contribution in [0, 0.1) is 0 Å². The smallest absolute Gasteiger partial charge is 0.280 e. The zero-order valence-electron chi connectivity index (χ0n) is 27.0. The second-order valence-corrected chi connectivity index (χ2v) is 16.8. The number of likely N-dealkylation sites (N-methyl/N-ethyl adjacent to an activating group) is 1. The van der Waals surface area contributed by atoms with Gasteiger partial charge in [-0.05, 0) is 0 Å². The number of hydrogen-bond acceptors (Lipinski definition) is 26. The monoisotopic (exact) mass is 817 g/mol. The number of nitrogens with two attached hydrogens (primary N) is 2. The fraction of sp³-hybridized carbons (Fsp3) is 0.636. The Hall–Kier alpha value is -3.11. The first-order valence-corrected chi connectivity index (χ1v) is 19.5. The summed E-state index contributed by atoms with van der Waals surface area (Å²) in [7, 11) is -16.2. The maximum atomic E-state index is 12.9. The molecule has 296 valence electrons. The minimum atomic E-state index is -6.48. The lowest BCUT2D eigenvalue weighted by Gasteiger charge is -2.38. The molecular weight excluding hydrogens is 785 g/mol. The molecule has 13 atom stereocenters. The Morgan fingerprint density at radius 1 is 1.06 bits per heavy atom. The number of rotatable bonds is 12. The number of phosphoric acid groups is 2. The normalized spacial score (nSPS) is 34.4. The molecule has 0 amide bonds. The van der Waals surface area contributed by atoms with Crippen molar-refractivity contribution in [2.75, 3.05) is 33.2 Å². The summed E-state index contributed by atoms with van der Waals surface area (Å²) in [6.07, 6.45) is -14.3. The van der Waals surface area contributed by atoms with E-state index in [0.29, 0.717) is 0 Å². The van der Waals surface area contributed by atoms with Crippen molar-refractivity contribution < 1.29 is 81.3 Å². The van der Waals surface area contributed by atoms with E-state index in [-0.39, 0.29) is 41.3 Å². The predicted octanol–water partition coefficient (Wildman–Crippen LogP) is -7.11. The van der Waals surface area contributed by atoms with Crippen LogP contribution in [0.25, 0.3) is 11.2 Å². The molecule has 0 aromatic carbocycles. The third-order valence-corrected chi connectivity index (χ3v) is 13.1. The summed E-state index contributed by atoms with van der Waals surface area (Å²) in [5.74, 6) is -3.38. The van der Waals surface area contributed by atoms with Crippen molar-refractivity contribution in [3.8, 4) is 0 Å². The highest BCUT2D eigenvalue weighted by Crippen LogP contribution is 2.64. The number of phosphoric ester groups is 1. The number of nitrogens with one attached hydrogen (secondary N) is 2. The fourth-order valence-electron chi connectivity index (χ4n) is 6.08. The number of aliphatic hydroxyl groups excluding tert-OH is 5. The number of nitrogens with zero attached hydrogens (tertiary/aromatic N) is 6. The average molecular weight is 817 g/mol. The van der Waals surface area contributed by atoms with Gasteiger partial charge >= 0.3 is 0 Å². The van der Waals surface area contributed by atoms with E-state index in [1.54, 1.807) is 0 Å². The van der Waals surface area contributed by atoms with Gasteiger partial charge in [-0.25, -0.2) is 14.3 Å². The lowest BCUT2D eigenvalue weighted by atomic mass is 10.1. The van der Waals surface area contributed by atoms with Crippen LogP contribution in [0.1, 0.15) is 6.23 Å². The van der Waals surface area contributed by atoms with Crippen molar-refractivity contribution in [2.45, 2.75) is 61.2 Å². The summed E-state index contributed by atoms with van der Waals surface area (Å²) in [6, 6.07) is 0. The topological polar surface area (TPSA) is 423 Å². The number of aromatic amines is 1. The molecule has 2 aromatic heterocycles. The number of nitrogen functional groups attached to an aromatic ring is 1. The molecule has 2 saturated heterocycles. The van der Waals surface area contributed by atoms with Crippen molar-refractivity contribution in [1.82, 2.24) is 34.6 Å². The van der Waals surface area contributed by atoms with Crippen LogP contribution < -0.4 is 37.0 Å². The van der Waals surface area contributed by atoms with Gasteiger partial charge in [-0.3, -0.25) is 27.8 Å². The summed E-state index contributed by atoms with van der Waals surface area (Å²) >= 11 is 0. The first-order chi connectivity index (χ1) is 24.6. The van der Waals surface area contributed by atoms with Gasteiger partial charge in [-0.2, -0.15) is 4.98 Å². The summed E-state index contributed by atoms with van der Waals surface area (Å²) in [5.41, 5.74) is 10.3. The van der Waals surface area contributed by atoms with Crippen molar-refractivity contribution in [3.63, 3.8) is 0 Å². The number of guanidine groups is 1. The Labute approximate surface area is 295 Å². The summed E-state index contributed by atoms with van der Waals surface area (Å²) in [4.78, 5) is 66.4. The number of aliphatic hydroxyl groups is 5. The highest BCUT2D eigenvalue weighted by atomic mass is 31.3. The van der Waals surface area contributed by atoms with Crippen LogP contribution in [0.15, 0.2) is 27.6 Å². The van der Waals surface area contributed by atoms with Gasteiger partial charge in [0.05, 0.1) is 19.6 Å². The van der Waals surface area contributed by atoms with Gasteiger partial charge in [0.1, 0.15) is 54.0 Å². The first-order valence-electron chi connectivity index (χ1n) is 14.9. The number of H-pyrrole nitrogens is 1. The first kappa shape index (κ1) is 39.6. The maximum Gasteiger partial charge on any atom is 0.280 e. The van der Waals surface area contributed by atoms with E-state index in [2.05, 4.69) is 38.4 Å². The summed E-state index contributed by atoms with van der Waals surface area (Å²) < 4.78 is 67.3. The van der Waals surface area contributed by atoms with E-state index in [0.717, 1.165) is 18.0 Å². The van der Waals surface area contributed by atoms with Crippen LogP contribution in [0.5, 0.6) is 0 Å². The number of ether oxygens (including phenoxy) is 3. The van der Waals surface area contributed by atoms with E-state index >= 15 is 0 Å². The number of methoxy groups -OCH3 is 1. The van der Waals surface area contributed by atoms with Crippen molar-refractivity contribution in [1.29, 1.82) is 0 Å². The number of aromatic nitrogens is 4. The van der Waals surface area contributed by atoms with Gasteiger partial charge in [0.25, 0.3) is 21.2 Å². The Balaban J connectivity index is 1.09. The highest BCUT2D eigenvalue weighted by Gasteiger charge is 2.55. The van der Waals surface area contributed by atoms with E-state index in [9.17, 15) is 58.7 Å². The molecule has 0 bridgehead atoms. The average Bonchev–Trinajstić information content (AvgIpc) is 3.77. The van der Waals surface area contributed by atoms with Gasteiger partial charge in [0, 0.05) is 14.2 Å². The zero-order valence-corrected chi connectivity index (χ0v) is 29.7. The van der Waals surface area contributed by atoms with Crippen LogP contribution in [-0.2, 0) is 41.1 Å². The molecule has 11 N–H and O–H groups in total. The molecule has 2 aromatic rings. The lowest BCUT2D eigenvalue weighted by molar-refractivity contribution is -0.248. The molecule has 7 unspecified atom stereocenters. The summed E-state index contributed by atoms with van der Waals surface area (Å²) in [6.45, 7) is -1.31. The van der Waals surface area contributed by atoms with Crippen molar-refractivity contribution in [3.05, 3.63) is 28.2 Å². The fourth-order valence-corrected chi connectivity index (χ4v) is 10.1. The standard InChI is InChI=1S/C22H35N10O18P3/c1-30-5-32(15-8(30)17(37)29-22(24)27-15)19-11(35)12(45-2)13(48-19)20(38)51(39,40)49-53(43,44)50-52(41,42)46-3-6-9(33)10(34)18(47-6)31-4-25-7-14(31)26-21(23)28-16(7)36/h4,6,9-13,17-20,33-35,37-38H,3,5H2,1-2H3,(H,39,40)(H,41,42)(H,43,44)(H3,24,27,29)(H3,23,26,28,36)/p-3/t6-,9?,10+,11-,12?,13-,17?,18-,19+,20?/m1/s1. The SMILES string of the molecule is COC1[C@H](C(O)P(=O)([O-])OP(=O)([O-])OP(=O)([O-])OC[C@H]2O[C@@H](n3cnc4c(=O)[nH]c(N)nc43)[C@@H](O)C2O)O[C@H](N2CN(C)C3=C2NC(N)=NC3O)[C@@H]1O. The molecule has 0 spiro atoms. The maximum absolute atomic E-state index is 12.9. The largest absolute Gasteiger partial charge is 0.776 e. The number of imidazole rings is 1. The van der Waals surface area contributed by atoms with Crippen molar-refractivity contribution in [2.24, 2.45) is 10.7 Å². The number of fused-ring (bicyclic) bond motifs is 1. The molecule has 31 heteroatoms. The third-order valence-electron chi connectivity index (χ3n) is 8.38. The molecule has 0 aliphatic carbocycles. The van der Waals surface area contributed by atoms with Crippen LogP contribution in [0.4, 0.5) is 5.95 Å². The summed E-state index contributed by atoms with van der Waals surface area (Å²) in [5, 5.41) is 55.7. The van der Waals surface area contributed by atoms with Crippen molar-refractivity contribution >= 4 is 46.3 Å². The second kappa shape index (κ2) is 14.2. The molecule has 0 radical (unpaired) electrons. The van der Waals surface area contributed by atoms with Crippen LogP contribution in [0.2, 0.25) is 0 Å². The van der Waals surface area contributed by atoms with E-state index in [1.165, 1.54) is 16.8 Å². The minimum Gasteiger partial charge on any atom is -0.776 e. The molecule has 0 saturated carbocycles. The van der Waals surface area contributed by atoms with Gasteiger partial charge in [-0.15, -0.1) is 0 Å². The van der Waals surface area contributed by atoms with Crippen LogP contribution in [-0.4, -0.2) is 143 Å². The third kappa shape index (κ3) is 7.48.